The zero-order chi connectivity index (χ0) is 12.8. The third-order valence-electron chi connectivity index (χ3n) is 2.80. The fourth-order valence-corrected chi connectivity index (χ4v) is 1.78. The molecule has 0 saturated heterocycles. The third kappa shape index (κ3) is 5.42. The second-order valence-electron chi connectivity index (χ2n) is 4.92. The van der Waals surface area contributed by atoms with E-state index in [4.69, 9.17) is 22.1 Å². The van der Waals surface area contributed by atoms with Crippen molar-refractivity contribution in [1.82, 2.24) is 0 Å². The second kappa shape index (κ2) is 6.87. The summed E-state index contributed by atoms with van der Waals surface area (Å²) in [5.74, 6) is 1.46. The van der Waals surface area contributed by atoms with E-state index in [0.29, 0.717) is 10.9 Å². The number of ether oxygens (including phenoxy) is 1. The van der Waals surface area contributed by atoms with Gasteiger partial charge in [0.15, 0.2) is 0 Å². The molecule has 3 heteroatoms. The summed E-state index contributed by atoms with van der Waals surface area (Å²) in [6, 6.07) is 7.49. The zero-order valence-corrected chi connectivity index (χ0v) is 11.6. The van der Waals surface area contributed by atoms with Crippen LogP contribution in [0.2, 0.25) is 5.02 Å². The first-order valence-corrected chi connectivity index (χ1v) is 6.54. The van der Waals surface area contributed by atoms with Crippen LogP contribution in [0.25, 0.3) is 0 Å². The molecule has 0 saturated carbocycles. The average molecular weight is 256 g/mol. The van der Waals surface area contributed by atoms with Crippen molar-refractivity contribution in [2.45, 2.75) is 45.8 Å². The first-order chi connectivity index (χ1) is 7.99. The summed E-state index contributed by atoms with van der Waals surface area (Å²) < 4.78 is 5.78. The molecule has 2 unspecified atom stereocenters. The van der Waals surface area contributed by atoms with Crippen LogP contribution >= 0.6 is 11.6 Å². The zero-order valence-electron chi connectivity index (χ0n) is 10.8. The van der Waals surface area contributed by atoms with Crippen molar-refractivity contribution in [3.05, 3.63) is 29.3 Å². The van der Waals surface area contributed by atoms with Crippen LogP contribution in [-0.2, 0) is 0 Å². The highest BCUT2D eigenvalue weighted by Gasteiger charge is 2.14. The quantitative estimate of drug-likeness (QED) is 0.838. The molecule has 0 aliphatic heterocycles. The Bertz CT molecular complexity index is 341. The molecule has 0 radical (unpaired) electrons. The highest BCUT2D eigenvalue weighted by molar-refractivity contribution is 6.30. The van der Waals surface area contributed by atoms with Gasteiger partial charge in [-0.05, 0) is 43.9 Å². The number of rotatable bonds is 6. The van der Waals surface area contributed by atoms with Crippen molar-refractivity contribution in [3.8, 4) is 5.75 Å². The average Bonchev–Trinajstić information content (AvgIpc) is 2.25. The smallest absolute Gasteiger partial charge is 0.121 e. The van der Waals surface area contributed by atoms with E-state index in [2.05, 4.69) is 13.8 Å². The van der Waals surface area contributed by atoms with Gasteiger partial charge in [0, 0.05) is 11.1 Å². The lowest BCUT2D eigenvalue weighted by Gasteiger charge is -2.22. The molecule has 0 fully saturated rings. The van der Waals surface area contributed by atoms with Crippen LogP contribution in [0.1, 0.15) is 33.6 Å². The lowest BCUT2D eigenvalue weighted by atomic mass is 10.0. The summed E-state index contributed by atoms with van der Waals surface area (Å²) >= 11 is 5.90. The van der Waals surface area contributed by atoms with E-state index < -0.39 is 0 Å². The van der Waals surface area contributed by atoms with Crippen molar-refractivity contribution < 1.29 is 4.74 Å². The van der Waals surface area contributed by atoms with Gasteiger partial charge >= 0.3 is 0 Å². The van der Waals surface area contributed by atoms with Crippen LogP contribution in [0.5, 0.6) is 5.75 Å². The van der Waals surface area contributed by atoms with Crippen LogP contribution in [0.3, 0.4) is 0 Å². The molecule has 0 aliphatic rings. The van der Waals surface area contributed by atoms with Gasteiger partial charge in [0.2, 0.25) is 0 Å². The van der Waals surface area contributed by atoms with Gasteiger partial charge in [0.1, 0.15) is 11.9 Å². The van der Waals surface area contributed by atoms with Crippen LogP contribution in [-0.4, -0.2) is 12.1 Å². The molecule has 0 aromatic heterocycles. The van der Waals surface area contributed by atoms with Gasteiger partial charge in [-0.3, -0.25) is 0 Å². The lowest BCUT2D eigenvalue weighted by molar-refractivity contribution is 0.181. The van der Waals surface area contributed by atoms with E-state index in [0.717, 1.165) is 18.6 Å². The number of hydrogen-bond acceptors (Lipinski definition) is 2. The van der Waals surface area contributed by atoms with E-state index in [9.17, 15) is 0 Å². The highest BCUT2D eigenvalue weighted by Crippen LogP contribution is 2.19. The number of nitrogens with two attached hydrogens (primary N) is 1. The Hall–Kier alpha value is -0.730. The Labute approximate surface area is 109 Å². The maximum atomic E-state index is 6.09. The maximum absolute atomic E-state index is 6.09. The molecule has 0 spiro atoms. The van der Waals surface area contributed by atoms with Crippen LogP contribution in [0, 0.1) is 5.92 Å². The predicted octanol–water partition coefficient (Wildman–Crippen LogP) is 3.87. The summed E-state index contributed by atoms with van der Waals surface area (Å²) in [4.78, 5) is 0. The Morgan fingerprint density at radius 3 is 2.53 bits per heavy atom. The fourth-order valence-electron chi connectivity index (χ4n) is 1.60. The molecule has 0 aliphatic carbocycles. The summed E-state index contributed by atoms with van der Waals surface area (Å²) in [5.41, 5.74) is 6.09. The number of benzene rings is 1. The molecule has 17 heavy (non-hydrogen) atoms. The first kappa shape index (κ1) is 14.3. The Morgan fingerprint density at radius 1 is 1.24 bits per heavy atom. The summed E-state index contributed by atoms with van der Waals surface area (Å²) in [6.45, 7) is 6.41. The molecule has 2 nitrogen and oxygen atoms in total. The SMILES string of the molecule is CC(C)CCC(N)C(C)Oc1cccc(Cl)c1. The normalized spacial score (nSPS) is 14.7. The van der Waals surface area contributed by atoms with Crippen molar-refractivity contribution in [2.24, 2.45) is 11.7 Å². The van der Waals surface area contributed by atoms with Crippen LogP contribution < -0.4 is 10.5 Å². The van der Waals surface area contributed by atoms with Gasteiger partial charge in [-0.25, -0.2) is 0 Å². The monoisotopic (exact) mass is 255 g/mol. The minimum absolute atomic E-state index is 0.00668. The standard InChI is InChI=1S/C14H22ClNO/c1-10(2)7-8-14(16)11(3)17-13-6-4-5-12(15)9-13/h4-6,9-11,14H,7-8,16H2,1-3H3. The van der Waals surface area contributed by atoms with Crippen molar-refractivity contribution in [3.63, 3.8) is 0 Å². The van der Waals surface area contributed by atoms with Gasteiger partial charge < -0.3 is 10.5 Å². The van der Waals surface area contributed by atoms with E-state index >= 15 is 0 Å². The van der Waals surface area contributed by atoms with Crippen LogP contribution in [0.4, 0.5) is 0 Å². The number of halogens is 1. The van der Waals surface area contributed by atoms with Crippen molar-refractivity contribution in [2.75, 3.05) is 0 Å². The summed E-state index contributed by atoms with van der Waals surface area (Å²) in [6.07, 6.45) is 2.12. The molecule has 1 aromatic rings. The minimum atomic E-state index is 0.00668. The van der Waals surface area contributed by atoms with Crippen molar-refractivity contribution >= 4 is 11.6 Å². The predicted molar refractivity (Wildman–Crippen MR) is 73.6 cm³/mol. The minimum Gasteiger partial charge on any atom is -0.489 e. The topological polar surface area (TPSA) is 35.2 Å². The maximum Gasteiger partial charge on any atom is 0.121 e. The van der Waals surface area contributed by atoms with Gasteiger partial charge in [0.25, 0.3) is 0 Å². The van der Waals surface area contributed by atoms with E-state index in [1.54, 1.807) is 0 Å². The summed E-state index contributed by atoms with van der Waals surface area (Å²) in [5, 5.41) is 0.686. The molecule has 1 rings (SSSR count). The summed E-state index contributed by atoms with van der Waals surface area (Å²) in [7, 11) is 0. The largest absolute Gasteiger partial charge is 0.489 e. The highest BCUT2D eigenvalue weighted by atomic mass is 35.5. The van der Waals surface area contributed by atoms with E-state index in [1.807, 2.05) is 31.2 Å². The third-order valence-corrected chi connectivity index (χ3v) is 3.03. The van der Waals surface area contributed by atoms with Gasteiger partial charge in [-0.2, -0.15) is 0 Å². The number of hydrogen-bond donors (Lipinski definition) is 1. The van der Waals surface area contributed by atoms with E-state index in [1.165, 1.54) is 0 Å². The Kier molecular flexibility index (Phi) is 5.79. The van der Waals surface area contributed by atoms with Gasteiger partial charge in [0.05, 0.1) is 0 Å². The Morgan fingerprint density at radius 2 is 1.94 bits per heavy atom. The molecular formula is C14H22ClNO. The second-order valence-corrected chi connectivity index (χ2v) is 5.35. The molecule has 1 aromatic carbocycles. The van der Waals surface area contributed by atoms with Gasteiger partial charge in [-0.15, -0.1) is 0 Å². The molecule has 2 N–H and O–H groups in total. The van der Waals surface area contributed by atoms with Crippen molar-refractivity contribution in [1.29, 1.82) is 0 Å². The van der Waals surface area contributed by atoms with Crippen LogP contribution in [0.15, 0.2) is 24.3 Å². The molecule has 0 heterocycles. The Balaban J connectivity index is 2.45. The fraction of sp³-hybridized carbons (Fsp3) is 0.571. The molecule has 2 atom stereocenters. The molecular weight excluding hydrogens is 234 g/mol. The first-order valence-electron chi connectivity index (χ1n) is 6.17. The van der Waals surface area contributed by atoms with Gasteiger partial charge in [-0.1, -0.05) is 31.5 Å². The molecule has 96 valence electrons. The molecule has 0 amide bonds. The molecule has 0 bridgehead atoms. The van der Waals surface area contributed by atoms with E-state index in [-0.39, 0.29) is 12.1 Å². The lowest BCUT2D eigenvalue weighted by Crippen LogP contribution is -2.36.